The molecule has 1 aromatic carbocycles. The highest BCUT2D eigenvalue weighted by molar-refractivity contribution is 6.41. The Hall–Kier alpha value is -3.67. The maximum Gasteiger partial charge on any atom is 0.184 e. The third-order valence-corrected chi connectivity index (χ3v) is 10.2. The van der Waals surface area contributed by atoms with Crippen molar-refractivity contribution in [1.82, 2.24) is 0 Å². The molecule has 4 atom stereocenters. The van der Waals surface area contributed by atoms with Gasteiger partial charge in [0.2, 0.25) is 0 Å². The number of benzene rings is 1. The van der Waals surface area contributed by atoms with Crippen LogP contribution in [0, 0.1) is 28.1 Å². The van der Waals surface area contributed by atoms with Gasteiger partial charge in [-0.25, -0.2) is 0 Å². The van der Waals surface area contributed by atoms with Crippen LogP contribution in [0.1, 0.15) is 100.0 Å². The second-order valence-corrected chi connectivity index (χ2v) is 14.5. The first kappa shape index (κ1) is 35.8. The van der Waals surface area contributed by atoms with Crippen molar-refractivity contribution in [1.29, 1.82) is 0 Å². The molecule has 2 aliphatic carbocycles. The third-order valence-electron chi connectivity index (χ3n) is 10.2. The van der Waals surface area contributed by atoms with Crippen molar-refractivity contribution in [3.63, 3.8) is 0 Å². The number of aromatic hydroxyl groups is 1. The monoisotopic (exact) mass is 616 g/mol. The lowest BCUT2D eigenvalue weighted by Crippen LogP contribution is -2.69. The number of aliphatic hydroxyl groups excluding tert-OH is 1. The molecule has 0 spiro atoms. The Morgan fingerprint density at radius 2 is 1.58 bits per heavy atom. The molecule has 6 nitrogen and oxygen atoms in total. The van der Waals surface area contributed by atoms with Crippen molar-refractivity contribution in [2.24, 2.45) is 28.1 Å². The van der Waals surface area contributed by atoms with Gasteiger partial charge in [0.25, 0.3) is 0 Å². The van der Waals surface area contributed by atoms with Gasteiger partial charge in [-0.05, 0) is 116 Å². The number of Topliss-reactive ketones (excluding diaryl/α,β-unsaturated/α-hetero) is 3. The Balaban J connectivity index is 2.47. The number of hydrogen-bond acceptors (Lipinski definition) is 6. The Morgan fingerprint density at radius 3 is 2.09 bits per heavy atom. The maximum absolute atomic E-state index is 15.2. The normalized spacial score (nSPS) is 25.6. The predicted molar refractivity (Wildman–Crippen MR) is 181 cm³/mol. The van der Waals surface area contributed by atoms with Gasteiger partial charge in [-0.1, -0.05) is 60.9 Å². The zero-order chi connectivity index (χ0) is 34.1. The standard InChI is InChI=1S/C39H52O6/c1-23(2)12-14-28(26(7)8)21-38-22-29(16-13-24(3)4)37(9,10)39(36(38)44,19-18-25(5)6)35(43)32(34(38)42)33(41)27-15-17-31(45-11)30(40)20-27/h12-13,15,17-18,20,28-29,40-41H,7,14,16,19,21-22H2,1-6,8-11H3/b33-32-/t28-,29-,38+,39-/m1/s1. The molecule has 45 heavy (non-hydrogen) atoms. The molecule has 2 N–H and O–H groups in total. The van der Waals surface area contributed by atoms with Gasteiger partial charge >= 0.3 is 0 Å². The number of carbonyl (C=O) groups is 3. The first-order chi connectivity index (χ1) is 20.9. The molecule has 0 unspecified atom stereocenters. The number of hydrogen-bond donors (Lipinski definition) is 2. The maximum atomic E-state index is 15.2. The lowest BCUT2D eigenvalue weighted by Gasteiger charge is -2.60. The van der Waals surface area contributed by atoms with E-state index >= 15 is 4.79 Å². The third kappa shape index (κ3) is 6.39. The van der Waals surface area contributed by atoms with E-state index in [2.05, 4.69) is 18.7 Å². The van der Waals surface area contributed by atoms with Crippen LogP contribution in [0.5, 0.6) is 11.5 Å². The molecular formula is C39H52O6. The van der Waals surface area contributed by atoms with Gasteiger partial charge in [-0.15, -0.1) is 0 Å². The van der Waals surface area contributed by atoms with Crippen molar-refractivity contribution in [3.8, 4) is 11.5 Å². The Bertz CT molecular complexity index is 1500. The quantitative estimate of drug-likeness (QED) is 0.0846. The molecule has 2 fully saturated rings. The molecule has 0 radical (unpaired) electrons. The first-order valence-corrected chi connectivity index (χ1v) is 15.9. The largest absolute Gasteiger partial charge is 0.506 e. The summed E-state index contributed by atoms with van der Waals surface area (Å²) in [5, 5.41) is 22.3. The molecule has 2 saturated carbocycles. The van der Waals surface area contributed by atoms with E-state index in [1.54, 1.807) is 0 Å². The highest BCUT2D eigenvalue weighted by Crippen LogP contribution is 2.66. The van der Waals surface area contributed by atoms with Crippen LogP contribution in [0.3, 0.4) is 0 Å². The Kier molecular flexibility index (Phi) is 10.6. The lowest BCUT2D eigenvalue weighted by molar-refractivity contribution is -0.177. The molecule has 2 aliphatic rings. The molecule has 1 aromatic rings. The highest BCUT2D eigenvalue weighted by Gasteiger charge is 2.74. The van der Waals surface area contributed by atoms with Gasteiger partial charge in [0.15, 0.2) is 28.8 Å². The number of ketones is 3. The van der Waals surface area contributed by atoms with E-state index in [1.165, 1.54) is 25.3 Å². The summed E-state index contributed by atoms with van der Waals surface area (Å²) in [6.45, 7) is 22.0. The Labute approximate surface area is 269 Å². The van der Waals surface area contributed by atoms with Gasteiger partial charge in [0, 0.05) is 5.56 Å². The van der Waals surface area contributed by atoms with Crippen LogP contribution in [0.25, 0.3) is 5.76 Å². The molecule has 6 heteroatoms. The number of rotatable bonds is 11. The van der Waals surface area contributed by atoms with Crippen LogP contribution in [0.15, 0.2) is 70.9 Å². The molecule has 2 bridgehead atoms. The van der Waals surface area contributed by atoms with E-state index in [0.29, 0.717) is 12.8 Å². The van der Waals surface area contributed by atoms with Gasteiger partial charge in [-0.2, -0.15) is 0 Å². The Morgan fingerprint density at radius 1 is 0.978 bits per heavy atom. The summed E-state index contributed by atoms with van der Waals surface area (Å²) in [6, 6.07) is 4.24. The van der Waals surface area contributed by atoms with Crippen LogP contribution in [-0.2, 0) is 14.4 Å². The molecule has 3 rings (SSSR count). The minimum Gasteiger partial charge on any atom is -0.506 e. The van der Waals surface area contributed by atoms with Crippen LogP contribution in [0.2, 0.25) is 0 Å². The van der Waals surface area contributed by atoms with E-state index in [4.69, 9.17) is 4.74 Å². The minimum absolute atomic E-state index is 0.102. The molecule has 244 valence electrons. The van der Waals surface area contributed by atoms with Crippen molar-refractivity contribution in [2.45, 2.75) is 94.4 Å². The second-order valence-electron chi connectivity index (χ2n) is 14.5. The van der Waals surface area contributed by atoms with E-state index in [9.17, 15) is 19.8 Å². The summed E-state index contributed by atoms with van der Waals surface area (Å²) >= 11 is 0. The fraction of sp³-hybridized carbons (Fsp3) is 0.513. The fourth-order valence-corrected chi connectivity index (χ4v) is 7.25. The summed E-state index contributed by atoms with van der Waals surface area (Å²) in [5.41, 5.74) is -0.198. The molecule has 0 aliphatic heterocycles. The molecule has 0 amide bonds. The minimum atomic E-state index is -1.59. The summed E-state index contributed by atoms with van der Waals surface area (Å²) < 4.78 is 5.16. The van der Waals surface area contributed by atoms with Crippen LogP contribution >= 0.6 is 0 Å². The molecule has 0 saturated heterocycles. The van der Waals surface area contributed by atoms with Gasteiger partial charge in [0.1, 0.15) is 16.7 Å². The average Bonchev–Trinajstić information content (AvgIpc) is 2.94. The van der Waals surface area contributed by atoms with Crippen LogP contribution in [-0.4, -0.2) is 34.7 Å². The SMILES string of the molecule is C=C(C)[C@H](CC=C(C)C)C[C@]12C[C@@H](CC=C(C)C)C(C)(C)[C@](CC=C(C)C)(C(=O)/C(=C(\O)c3ccc(OC)c(O)c3)C1=O)C2=O. The smallest absolute Gasteiger partial charge is 0.184 e. The average molecular weight is 617 g/mol. The van der Waals surface area contributed by atoms with Crippen LogP contribution in [0.4, 0.5) is 0 Å². The van der Waals surface area contributed by atoms with Crippen LogP contribution < -0.4 is 4.74 Å². The number of allylic oxidation sites excluding steroid dienone is 8. The fourth-order valence-electron chi connectivity index (χ4n) is 7.25. The summed E-state index contributed by atoms with van der Waals surface area (Å²) in [4.78, 5) is 45.2. The number of phenols is 1. The number of aliphatic hydroxyl groups is 1. The number of ether oxygens (including phenoxy) is 1. The number of carbonyl (C=O) groups excluding carboxylic acids is 3. The zero-order valence-corrected chi connectivity index (χ0v) is 28.9. The number of fused-ring (bicyclic) bond motifs is 2. The number of methoxy groups -OCH3 is 1. The summed E-state index contributed by atoms with van der Waals surface area (Å²) in [6.07, 6.45) is 7.93. The van der Waals surface area contributed by atoms with Gasteiger partial charge < -0.3 is 14.9 Å². The lowest BCUT2D eigenvalue weighted by atomic mass is 9.38. The van der Waals surface area contributed by atoms with Crippen molar-refractivity contribution in [2.75, 3.05) is 7.11 Å². The van der Waals surface area contributed by atoms with E-state index in [-0.39, 0.29) is 59.5 Å². The topological polar surface area (TPSA) is 101 Å². The zero-order valence-electron chi connectivity index (χ0n) is 28.9. The highest BCUT2D eigenvalue weighted by atomic mass is 16.5. The first-order valence-electron chi connectivity index (χ1n) is 15.9. The van der Waals surface area contributed by atoms with Gasteiger partial charge in [0.05, 0.1) is 12.5 Å². The van der Waals surface area contributed by atoms with E-state index in [0.717, 1.165) is 22.3 Å². The molecular weight excluding hydrogens is 564 g/mol. The van der Waals surface area contributed by atoms with Crippen molar-refractivity contribution >= 4 is 23.1 Å². The molecule has 0 aromatic heterocycles. The van der Waals surface area contributed by atoms with E-state index in [1.807, 2.05) is 68.4 Å². The summed E-state index contributed by atoms with van der Waals surface area (Å²) in [7, 11) is 1.41. The predicted octanol–water partition coefficient (Wildman–Crippen LogP) is 9.06. The second kappa shape index (κ2) is 13.4. The van der Waals surface area contributed by atoms with E-state index < -0.39 is 33.6 Å². The van der Waals surface area contributed by atoms with Crippen molar-refractivity contribution in [3.05, 3.63) is 76.4 Å². The van der Waals surface area contributed by atoms with Gasteiger partial charge in [-0.3, -0.25) is 14.4 Å². The number of phenolic OH excluding ortho intramolecular Hbond substituents is 1. The summed E-state index contributed by atoms with van der Waals surface area (Å²) in [5.74, 6) is -2.58. The van der Waals surface area contributed by atoms with Crippen molar-refractivity contribution < 1.29 is 29.3 Å². The molecule has 0 heterocycles.